The first-order valence-corrected chi connectivity index (χ1v) is 6.26. The van der Waals surface area contributed by atoms with Gasteiger partial charge in [-0.25, -0.2) is 0 Å². The Labute approximate surface area is 83.9 Å². The van der Waals surface area contributed by atoms with Crippen molar-refractivity contribution in [1.29, 1.82) is 0 Å². The zero-order chi connectivity index (χ0) is 10.1. The third-order valence-corrected chi connectivity index (χ3v) is 5.02. The Morgan fingerprint density at radius 2 is 1.92 bits per heavy atom. The molecule has 1 fully saturated rings. The second kappa shape index (κ2) is 4.09. The maximum absolute atomic E-state index is 12.1. The van der Waals surface area contributed by atoms with Crippen molar-refractivity contribution >= 4 is 10.8 Å². The maximum Gasteiger partial charge on any atom is 0.0506 e. The van der Waals surface area contributed by atoms with Crippen molar-refractivity contribution in [3.8, 4) is 0 Å². The van der Waals surface area contributed by atoms with Crippen molar-refractivity contribution in [3.63, 3.8) is 0 Å². The molecule has 0 aromatic heterocycles. The summed E-state index contributed by atoms with van der Waals surface area (Å²) in [4.78, 5) is 0. The third-order valence-electron chi connectivity index (χ3n) is 2.70. The second-order valence-corrected chi connectivity index (χ2v) is 7.20. The fourth-order valence-electron chi connectivity index (χ4n) is 1.97. The first kappa shape index (κ1) is 11.2. The smallest absolute Gasteiger partial charge is 0.0506 e. The minimum absolute atomic E-state index is 0.0654. The summed E-state index contributed by atoms with van der Waals surface area (Å²) in [6.07, 6.45) is 3.52. The summed E-state index contributed by atoms with van der Waals surface area (Å²) in [7, 11) is 1.27. The van der Waals surface area contributed by atoms with Crippen LogP contribution in [0.3, 0.4) is 0 Å². The van der Waals surface area contributed by atoms with Crippen molar-refractivity contribution in [2.75, 3.05) is 7.05 Å². The molecular formula is C10H21NOS. The molecule has 2 nitrogen and oxygen atoms in total. The van der Waals surface area contributed by atoms with E-state index in [1.807, 2.05) is 7.05 Å². The molecule has 0 aromatic rings. The van der Waals surface area contributed by atoms with Crippen LogP contribution in [0.5, 0.6) is 0 Å². The molecule has 1 saturated carbocycles. The van der Waals surface area contributed by atoms with Gasteiger partial charge in [-0.05, 0) is 40.7 Å². The predicted molar refractivity (Wildman–Crippen MR) is 58.4 cm³/mol. The van der Waals surface area contributed by atoms with Gasteiger partial charge in [-0.1, -0.05) is 6.42 Å². The van der Waals surface area contributed by atoms with Gasteiger partial charge in [0, 0.05) is 21.6 Å². The van der Waals surface area contributed by atoms with Gasteiger partial charge < -0.3 is 5.32 Å². The average molecular weight is 203 g/mol. The van der Waals surface area contributed by atoms with E-state index in [1.165, 1.54) is 12.8 Å². The summed E-state index contributed by atoms with van der Waals surface area (Å²) in [5.41, 5.74) is 0. The summed E-state index contributed by atoms with van der Waals surface area (Å²) >= 11 is 0. The van der Waals surface area contributed by atoms with E-state index in [0.717, 1.165) is 6.42 Å². The van der Waals surface area contributed by atoms with Crippen LogP contribution in [-0.2, 0) is 10.8 Å². The molecule has 13 heavy (non-hydrogen) atoms. The maximum atomic E-state index is 12.1. The molecule has 1 aliphatic carbocycles. The van der Waals surface area contributed by atoms with E-state index in [1.54, 1.807) is 0 Å². The van der Waals surface area contributed by atoms with Gasteiger partial charge in [-0.2, -0.15) is 0 Å². The molecule has 1 aliphatic rings. The minimum atomic E-state index is -0.705. The molecule has 0 spiro atoms. The number of hydrogen-bond donors (Lipinski definition) is 1. The van der Waals surface area contributed by atoms with Crippen LogP contribution in [0.4, 0.5) is 0 Å². The lowest BCUT2D eigenvalue weighted by molar-refractivity contribution is 0.563. The first-order valence-electron chi connectivity index (χ1n) is 5.04. The van der Waals surface area contributed by atoms with E-state index in [4.69, 9.17) is 0 Å². The van der Waals surface area contributed by atoms with Crippen molar-refractivity contribution in [2.45, 2.75) is 56.1 Å². The van der Waals surface area contributed by atoms with E-state index >= 15 is 0 Å². The lowest BCUT2D eigenvalue weighted by Gasteiger charge is -2.26. The molecule has 0 saturated heterocycles. The van der Waals surface area contributed by atoms with E-state index in [9.17, 15) is 4.21 Å². The van der Waals surface area contributed by atoms with Crippen LogP contribution >= 0.6 is 0 Å². The molecule has 78 valence electrons. The molecule has 0 aliphatic heterocycles. The molecule has 0 bridgehead atoms. The Hall–Kier alpha value is 0.110. The standard InChI is InChI=1S/C10H21NOS/c1-10(2,3)13(12)9-7-5-6-8(9)11-4/h8-9,11H,5-7H2,1-4H3. The Morgan fingerprint density at radius 3 is 2.38 bits per heavy atom. The third kappa shape index (κ3) is 2.53. The zero-order valence-electron chi connectivity index (χ0n) is 9.09. The highest BCUT2D eigenvalue weighted by molar-refractivity contribution is 7.87. The number of hydrogen-bond acceptors (Lipinski definition) is 2. The van der Waals surface area contributed by atoms with Crippen LogP contribution in [0, 0.1) is 0 Å². The summed E-state index contributed by atoms with van der Waals surface area (Å²) in [6, 6.07) is 0.472. The summed E-state index contributed by atoms with van der Waals surface area (Å²) in [6.45, 7) is 6.19. The van der Waals surface area contributed by atoms with E-state index in [0.29, 0.717) is 11.3 Å². The number of nitrogens with one attached hydrogen (secondary N) is 1. The van der Waals surface area contributed by atoms with Crippen molar-refractivity contribution < 1.29 is 4.21 Å². The minimum Gasteiger partial charge on any atom is -0.316 e. The average Bonchev–Trinajstić information content (AvgIpc) is 2.48. The fraction of sp³-hybridized carbons (Fsp3) is 1.00. The van der Waals surface area contributed by atoms with Gasteiger partial charge >= 0.3 is 0 Å². The van der Waals surface area contributed by atoms with Crippen molar-refractivity contribution in [2.24, 2.45) is 0 Å². The zero-order valence-corrected chi connectivity index (χ0v) is 9.91. The van der Waals surface area contributed by atoms with Gasteiger partial charge in [0.05, 0.1) is 5.25 Å². The lowest BCUT2D eigenvalue weighted by atomic mass is 10.2. The first-order chi connectivity index (χ1) is 5.96. The molecule has 1 rings (SSSR count). The normalized spacial score (nSPS) is 32.0. The Balaban J connectivity index is 2.66. The molecule has 3 atom stereocenters. The topological polar surface area (TPSA) is 29.1 Å². The van der Waals surface area contributed by atoms with Crippen LogP contribution in [0.15, 0.2) is 0 Å². The van der Waals surface area contributed by atoms with Crippen molar-refractivity contribution in [1.82, 2.24) is 5.32 Å². The molecule has 0 heterocycles. The summed E-state index contributed by atoms with van der Waals surface area (Å²) < 4.78 is 12.0. The van der Waals surface area contributed by atoms with Crippen LogP contribution in [-0.4, -0.2) is 27.3 Å². The quantitative estimate of drug-likeness (QED) is 0.740. The summed E-state index contributed by atoms with van der Waals surface area (Å²) in [5.74, 6) is 0. The van der Waals surface area contributed by atoms with Crippen LogP contribution < -0.4 is 5.32 Å². The summed E-state index contributed by atoms with van der Waals surface area (Å²) in [5, 5.41) is 3.64. The van der Waals surface area contributed by atoms with Gasteiger partial charge in [-0.3, -0.25) is 4.21 Å². The highest BCUT2D eigenvalue weighted by atomic mass is 32.2. The monoisotopic (exact) mass is 203 g/mol. The molecule has 3 heteroatoms. The van der Waals surface area contributed by atoms with E-state index in [2.05, 4.69) is 26.1 Å². The van der Waals surface area contributed by atoms with Gasteiger partial charge in [0.25, 0.3) is 0 Å². The number of rotatable bonds is 2. The fourth-order valence-corrected chi connectivity index (χ4v) is 3.83. The highest BCUT2D eigenvalue weighted by Crippen LogP contribution is 2.29. The van der Waals surface area contributed by atoms with Crippen LogP contribution in [0.1, 0.15) is 40.0 Å². The van der Waals surface area contributed by atoms with Gasteiger partial charge in [0.2, 0.25) is 0 Å². The SMILES string of the molecule is CNC1CCCC1S(=O)C(C)(C)C. The molecule has 0 amide bonds. The van der Waals surface area contributed by atoms with Crippen LogP contribution in [0.25, 0.3) is 0 Å². The van der Waals surface area contributed by atoms with Gasteiger partial charge in [0.15, 0.2) is 0 Å². The Morgan fingerprint density at radius 1 is 1.31 bits per heavy atom. The predicted octanol–water partition coefficient (Wildman–Crippen LogP) is 1.67. The van der Waals surface area contributed by atoms with Gasteiger partial charge in [0.1, 0.15) is 0 Å². The molecule has 0 aromatic carbocycles. The largest absolute Gasteiger partial charge is 0.316 e. The molecule has 0 radical (unpaired) electrons. The van der Waals surface area contributed by atoms with E-state index in [-0.39, 0.29) is 4.75 Å². The van der Waals surface area contributed by atoms with E-state index < -0.39 is 10.8 Å². The van der Waals surface area contributed by atoms with Crippen LogP contribution in [0.2, 0.25) is 0 Å². The Bertz CT molecular complexity index is 198. The lowest BCUT2D eigenvalue weighted by Crippen LogP contribution is -2.41. The molecular weight excluding hydrogens is 182 g/mol. The Kier molecular flexibility index (Phi) is 3.52. The molecule has 3 unspecified atom stereocenters. The highest BCUT2D eigenvalue weighted by Gasteiger charge is 2.36. The van der Waals surface area contributed by atoms with Crippen molar-refractivity contribution in [3.05, 3.63) is 0 Å². The molecule has 1 N–H and O–H groups in total. The second-order valence-electron chi connectivity index (χ2n) is 4.77. The van der Waals surface area contributed by atoms with Gasteiger partial charge in [-0.15, -0.1) is 0 Å².